The monoisotopic (exact) mass is 345 g/mol. The Morgan fingerprint density at radius 1 is 0.600 bits per heavy atom. The van der Waals surface area contributed by atoms with Crippen molar-refractivity contribution in [3.05, 3.63) is 0 Å². The third-order valence-corrected chi connectivity index (χ3v) is 1.25. The van der Waals surface area contributed by atoms with Crippen LogP contribution >= 0.6 is 0 Å². The van der Waals surface area contributed by atoms with E-state index < -0.39 is 20.8 Å². The van der Waals surface area contributed by atoms with Crippen molar-refractivity contribution in [2.45, 2.75) is 0 Å². The SMILES string of the molecule is O=S(=O)(O)O.O=S(=O)(O)O.OCCN(CCO)CCO. The molecule has 0 saturated heterocycles. The molecule has 14 heteroatoms. The van der Waals surface area contributed by atoms with Gasteiger partial charge in [0.25, 0.3) is 0 Å². The van der Waals surface area contributed by atoms with E-state index in [0.717, 1.165) is 0 Å². The van der Waals surface area contributed by atoms with Crippen molar-refractivity contribution in [3.8, 4) is 0 Å². The summed E-state index contributed by atoms with van der Waals surface area (Å²) in [5, 5.41) is 25.5. The van der Waals surface area contributed by atoms with Crippen molar-refractivity contribution in [1.82, 2.24) is 4.90 Å². The maximum atomic E-state index is 8.74. The summed E-state index contributed by atoms with van der Waals surface area (Å²) < 4.78 is 63.2. The van der Waals surface area contributed by atoms with E-state index in [0.29, 0.717) is 19.6 Å². The molecule has 0 aliphatic carbocycles. The summed E-state index contributed by atoms with van der Waals surface area (Å²) in [7, 11) is -9.33. The van der Waals surface area contributed by atoms with Crippen LogP contribution in [0.5, 0.6) is 0 Å². The minimum Gasteiger partial charge on any atom is -0.395 e. The molecule has 0 heterocycles. The number of aliphatic hydroxyl groups is 3. The summed E-state index contributed by atoms with van der Waals surface area (Å²) >= 11 is 0. The van der Waals surface area contributed by atoms with Gasteiger partial charge in [-0.05, 0) is 0 Å². The van der Waals surface area contributed by atoms with Crippen molar-refractivity contribution in [2.75, 3.05) is 39.5 Å². The summed E-state index contributed by atoms with van der Waals surface area (Å²) in [6.45, 7) is 1.75. The van der Waals surface area contributed by atoms with Gasteiger partial charge in [0.15, 0.2) is 0 Å². The largest absolute Gasteiger partial charge is 0.395 e. The Morgan fingerprint density at radius 3 is 0.850 bits per heavy atom. The maximum absolute atomic E-state index is 8.74. The molecule has 0 aromatic carbocycles. The quantitative estimate of drug-likeness (QED) is 0.239. The highest BCUT2D eigenvalue weighted by Gasteiger charge is 2.00. The van der Waals surface area contributed by atoms with Crippen LogP contribution in [0.2, 0.25) is 0 Å². The minimum absolute atomic E-state index is 0.0694. The normalized spacial score (nSPS) is 11.2. The van der Waals surface area contributed by atoms with Gasteiger partial charge in [0.05, 0.1) is 19.8 Å². The van der Waals surface area contributed by atoms with Crippen LogP contribution in [0.3, 0.4) is 0 Å². The molecule has 0 amide bonds. The molecular weight excluding hydrogens is 326 g/mol. The molecule has 0 rings (SSSR count). The van der Waals surface area contributed by atoms with Gasteiger partial charge in [0.2, 0.25) is 0 Å². The molecule has 0 spiro atoms. The van der Waals surface area contributed by atoms with Gasteiger partial charge in [-0.2, -0.15) is 16.8 Å². The third kappa shape index (κ3) is 65.6. The molecule has 0 saturated carbocycles. The van der Waals surface area contributed by atoms with E-state index in [2.05, 4.69) is 0 Å². The van der Waals surface area contributed by atoms with Gasteiger partial charge < -0.3 is 15.3 Å². The predicted molar refractivity (Wildman–Crippen MR) is 66.1 cm³/mol. The first-order valence-corrected chi connectivity index (χ1v) is 7.59. The average Bonchev–Trinajstić information content (AvgIpc) is 2.13. The second-order valence-corrected chi connectivity index (χ2v) is 4.70. The fourth-order valence-corrected chi connectivity index (χ4v) is 0.760. The summed E-state index contributed by atoms with van der Waals surface area (Å²) in [5.41, 5.74) is 0. The molecule has 0 aromatic rings. The van der Waals surface area contributed by atoms with Crippen molar-refractivity contribution >= 4 is 20.8 Å². The molecule has 126 valence electrons. The molecule has 12 nitrogen and oxygen atoms in total. The number of hydrogen-bond acceptors (Lipinski definition) is 8. The second kappa shape index (κ2) is 13.6. The first-order chi connectivity index (χ1) is 8.85. The Morgan fingerprint density at radius 2 is 0.750 bits per heavy atom. The van der Waals surface area contributed by atoms with Crippen molar-refractivity contribution in [3.63, 3.8) is 0 Å². The van der Waals surface area contributed by atoms with E-state index in [-0.39, 0.29) is 19.8 Å². The highest BCUT2D eigenvalue weighted by atomic mass is 32.3. The van der Waals surface area contributed by atoms with Gasteiger partial charge >= 0.3 is 20.8 Å². The molecule has 0 aromatic heterocycles. The number of rotatable bonds is 6. The van der Waals surface area contributed by atoms with E-state index in [9.17, 15) is 0 Å². The minimum atomic E-state index is -4.67. The Bertz CT molecular complexity index is 331. The fourth-order valence-electron chi connectivity index (χ4n) is 0.760. The van der Waals surface area contributed by atoms with Crippen LogP contribution in [-0.4, -0.2) is 94.7 Å². The average molecular weight is 345 g/mol. The van der Waals surface area contributed by atoms with Gasteiger partial charge in [-0.3, -0.25) is 23.1 Å². The van der Waals surface area contributed by atoms with Crippen molar-refractivity contribution in [2.24, 2.45) is 0 Å². The molecule has 0 radical (unpaired) electrons. The highest BCUT2D eigenvalue weighted by Crippen LogP contribution is 1.84. The lowest BCUT2D eigenvalue weighted by Crippen LogP contribution is -2.32. The van der Waals surface area contributed by atoms with Crippen LogP contribution < -0.4 is 0 Å². The third-order valence-electron chi connectivity index (χ3n) is 1.25. The molecule has 0 aliphatic rings. The van der Waals surface area contributed by atoms with Gasteiger partial charge in [-0.1, -0.05) is 0 Å². The first-order valence-electron chi connectivity index (χ1n) is 4.79. The fraction of sp³-hybridized carbons (Fsp3) is 1.00. The van der Waals surface area contributed by atoms with E-state index >= 15 is 0 Å². The van der Waals surface area contributed by atoms with Gasteiger partial charge in [-0.25, -0.2) is 0 Å². The molecular formula is C6H19NO11S2. The number of hydrogen-bond donors (Lipinski definition) is 7. The van der Waals surface area contributed by atoms with Crippen LogP contribution in [0, 0.1) is 0 Å². The van der Waals surface area contributed by atoms with Gasteiger partial charge in [0.1, 0.15) is 0 Å². The summed E-state index contributed by atoms with van der Waals surface area (Å²) in [6, 6.07) is 0. The molecule has 0 atom stereocenters. The van der Waals surface area contributed by atoms with E-state index in [1.54, 1.807) is 4.90 Å². The molecule has 0 bridgehead atoms. The van der Waals surface area contributed by atoms with Crippen LogP contribution in [0.15, 0.2) is 0 Å². The molecule has 7 N–H and O–H groups in total. The molecule has 0 aliphatic heterocycles. The Hall–Kier alpha value is -0.420. The van der Waals surface area contributed by atoms with Crippen molar-refractivity contribution in [1.29, 1.82) is 0 Å². The number of aliphatic hydroxyl groups excluding tert-OH is 3. The van der Waals surface area contributed by atoms with Crippen LogP contribution in [0.25, 0.3) is 0 Å². The maximum Gasteiger partial charge on any atom is 0.394 e. The van der Waals surface area contributed by atoms with Crippen LogP contribution in [0.4, 0.5) is 0 Å². The Balaban J connectivity index is -0.000000244. The lowest BCUT2D eigenvalue weighted by molar-refractivity contribution is 0.136. The lowest BCUT2D eigenvalue weighted by atomic mass is 10.4. The van der Waals surface area contributed by atoms with Crippen LogP contribution in [0.1, 0.15) is 0 Å². The summed E-state index contributed by atoms with van der Waals surface area (Å²) in [4.78, 5) is 1.79. The molecule has 0 fully saturated rings. The Labute approximate surface area is 116 Å². The zero-order valence-electron chi connectivity index (χ0n) is 10.3. The molecule has 0 unspecified atom stereocenters. The van der Waals surface area contributed by atoms with Crippen molar-refractivity contribution < 1.29 is 50.4 Å². The van der Waals surface area contributed by atoms with Crippen LogP contribution in [-0.2, 0) is 20.8 Å². The standard InChI is InChI=1S/C6H15NO3.2H2O4S/c8-4-1-7(2-5-9)3-6-10;2*1-5(2,3)4/h8-10H,1-6H2;2*(H2,1,2,3,4). The predicted octanol–water partition coefficient (Wildman–Crippen LogP) is -3.04. The van der Waals surface area contributed by atoms with Gasteiger partial charge in [0, 0.05) is 19.6 Å². The first kappa shape index (κ1) is 24.6. The summed E-state index contributed by atoms with van der Waals surface area (Å²) in [6.07, 6.45) is 0. The zero-order valence-corrected chi connectivity index (χ0v) is 11.9. The lowest BCUT2D eigenvalue weighted by Gasteiger charge is -2.17. The van der Waals surface area contributed by atoms with E-state index in [1.165, 1.54) is 0 Å². The van der Waals surface area contributed by atoms with E-state index in [4.69, 9.17) is 50.4 Å². The highest BCUT2D eigenvalue weighted by molar-refractivity contribution is 7.80. The van der Waals surface area contributed by atoms with E-state index in [1.807, 2.05) is 0 Å². The second-order valence-electron chi connectivity index (χ2n) is 2.91. The topological polar surface area (TPSA) is 213 Å². The number of nitrogens with zero attached hydrogens (tertiary/aromatic N) is 1. The summed E-state index contributed by atoms with van der Waals surface area (Å²) in [5.74, 6) is 0. The zero-order chi connectivity index (χ0) is 16.8. The molecule has 20 heavy (non-hydrogen) atoms. The smallest absolute Gasteiger partial charge is 0.394 e. The Kier molecular flexibility index (Phi) is 16.7. The van der Waals surface area contributed by atoms with Gasteiger partial charge in [-0.15, -0.1) is 0 Å².